The molecular weight excluding hydrogens is 260 g/mol. The number of carbonyl (C=O) groups excluding carboxylic acids is 1. The van der Waals surface area contributed by atoms with Gasteiger partial charge in [0, 0.05) is 0 Å². The summed E-state index contributed by atoms with van der Waals surface area (Å²) in [6.45, 7) is 6.11. The van der Waals surface area contributed by atoms with Crippen LogP contribution in [0, 0.1) is 6.92 Å². The van der Waals surface area contributed by atoms with Gasteiger partial charge in [-0.3, -0.25) is 0 Å². The molecule has 110 valence electrons. The number of hydrogen-bond acceptors (Lipinski definition) is 2. The maximum Gasteiger partial charge on any atom is 0.337 e. The Morgan fingerprint density at radius 2 is 1.48 bits per heavy atom. The minimum Gasteiger partial charge on any atom is -0.465 e. The van der Waals surface area contributed by atoms with Gasteiger partial charge in [-0.1, -0.05) is 54.1 Å². The third-order valence-electron chi connectivity index (χ3n) is 3.13. The molecule has 0 fully saturated rings. The second-order valence-corrected chi connectivity index (χ2v) is 4.70. The molecule has 0 aliphatic carbocycles. The SMILES string of the molecule is CC=C(C)c1ccc(C(=O)OC)cc1.Cc1ccccc1. The number of ether oxygens (including phenoxy) is 1. The molecule has 0 aliphatic heterocycles. The van der Waals surface area contributed by atoms with Gasteiger partial charge in [-0.05, 0) is 44.0 Å². The standard InChI is InChI=1S/C12H14O2.C7H8/c1-4-9(2)10-5-7-11(8-6-10)12(13)14-3;1-7-5-3-2-4-6-7/h4-8H,1-3H3;2-6H,1H3. The molecule has 21 heavy (non-hydrogen) atoms. The van der Waals surface area contributed by atoms with Gasteiger partial charge >= 0.3 is 5.97 Å². The van der Waals surface area contributed by atoms with Crippen molar-refractivity contribution in [2.45, 2.75) is 20.8 Å². The number of rotatable bonds is 2. The van der Waals surface area contributed by atoms with Gasteiger partial charge in [0.15, 0.2) is 0 Å². The van der Waals surface area contributed by atoms with E-state index in [2.05, 4.69) is 23.8 Å². The Labute approximate surface area is 127 Å². The van der Waals surface area contributed by atoms with Crippen LogP contribution in [0.25, 0.3) is 5.57 Å². The molecule has 0 spiro atoms. The molecule has 0 heterocycles. The van der Waals surface area contributed by atoms with Crippen LogP contribution >= 0.6 is 0 Å². The predicted molar refractivity (Wildman–Crippen MR) is 88.3 cm³/mol. The maximum absolute atomic E-state index is 11.1. The topological polar surface area (TPSA) is 26.3 Å². The molecular formula is C19H22O2. The molecule has 0 unspecified atom stereocenters. The molecule has 2 aromatic rings. The minimum atomic E-state index is -0.297. The van der Waals surface area contributed by atoms with Crippen LogP contribution in [0.2, 0.25) is 0 Å². The third kappa shape index (κ3) is 5.65. The average Bonchev–Trinajstić information content (AvgIpc) is 2.55. The minimum absolute atomic E-state index is 0.297. The molecule has 0 aliphatic rings. The maximum atomic E-state index is 11.1. The molecule has 2 rings (SSSR count). The number of benzene rings is 2. The first-order chi connectivity index (χ1) is 10.1. The van der Waals surface area contributed by atoms with Gasteiger partial charge in [0.25, 0.3) is 0 Å². The van der Waals surface area contributed by atoms with Crippen molar-refractivity contribution < 1.29 is 9.53 Å². The zero-order valence-electron chi connectivity index (χ0n) is 13.1. The summed E-state index contributed by atoms with van der Waals surface area (Å²) in [6.07, 6.45) is 2.03. The lowest BCUT2D eigenvalue weighted by atomic mass is 10.1. The van der Waals surface area contributed by atoms with Crippen molar-refractivity contribution in [3.8, 4) is 0 Å². The lowest BCUT2D eigenvalue weighted by molar-refractivity contribution is 0.0600. The Morgan fingerprint density at radius 3 is 1.86 bits per heavy atom. The van der Waals surface area contributed by atoms with Crippen LogP contribution in [-0.4, -0.2) is 13.1 Å². The fraction of sp³-hybridized carbons (Fsp3) is 0.211. The van der Waals surface area contributed by atoms with Crippen LogP contribution in [-0.2, 0) is 4.74 Å². The highest BCUT2D eigenvalue weighted by Crippen LogP contribution is 2.14. The van der Waals surface area contributed by atoms with Crippen molar-refractivity contribution in [3.05, 3.63) is 77.4 Å². The molecule has 0 atom stereocenters. The Bertz CT molecular complexity index is 581. The number of hydrogen-bond donors (Lipinski definition) is 0. The van der Waals surface area contributed by atoms with Crippen LogP contribution in [0.1, 0.15) is 35.3 Å². The summed E-state index contributed by atoms with van der Waals surface area (Å²) in [5.41, 5.74) is 4.23. The second kappa shape index (κ2) is 8.75. The molecule has 0 bridgehead atoms. The molecule has 0 amide bonds. The largest absolute Gasteiger partial charge is 0.465 e. The average molecular weight is 282 g/mol. The zero-order chi connectivity index (χ0) is 15.7. The Hall–Kier alpha value is -2.35. The lowest BCUT2D eigenvalue weighted by Crippen LogP contribution is -2.00. The van der Waals surface area contributed by atoms with Crippen LogP contribution in [0.3, 0.4) is 0 Å². The Morgan fingerprint density at radius 1 is 0.952 bits per heavy atom. The van der Waals surface area contributed by atoms with E-state index in [1.165, 1.54) is 18.2 Å². The van der Waals surface area contributed by atoms with Crippen molar-refractivity contribution >= 4 is 11.5 Å². The summed E-state index contributed by atoms with van der Waals surface area (Å²) in [7, 11) is 1.38. The van der Waals surface area contributed by atoms with Crippen LogP contribution in [0.15, 0.2) is 60.7 Å². The van der Waals surface area contributed by atoms with Crippen molar-refractivity contribution in [2.75, 3.05) is 7.11 Å². The first kappa shape index (κ1) is 16.7. The number of aryl methyl sites for hydroxylation is 1. The van der Waals surface area contributed by atoms with E-state index in [4.69, 9.17) is 0 Å². The summed E-state index contributed by atoms with van der Waals surface area (Å²) < 4.78 is 4.61. The quantitative estimate of drug-likeness (QED) is 0.733. The van der Waals surface area contributed by atoms with Crippen molar-refractivity contribution in [3.63, 3.8) is 0 Å². The highest BCUT2D eigenvalue weighted by Gasteiger charge is 2.04. The van der Waals surface area contributed by atoms with E-state index in [0.717, 1.165) is 5.56 Å². The van der Waals surface area contributed by atoms with Gasteiger partial charge in [-0.15, -0.1) is 0 Å². The Balaban J connectivity index is 0.000000262. The highest BCUT2D eigenvalue weighted by molar-refractivity contribution is 5.89. The molecule has 0 radical (unpaired) electrons. The summed E-state index contributed by atoms with van der Waals surface area (Å²) in [5, 5.41) is 0. The summed E-state index contributed by atoms with van der Waals surface area (Å²) >= 11 is 0. The van der Waals surface area contributed by atoms with Gasteiger partial charge in [0.05, 0.1) is 12.7 Å². The number of allylic oxidation sites excluding steroid dienone is 2. The number of methoxy groups -OCH3 is 1. The van der Waals surface area contributed by atoms with E-state index in [1.807, 2.05) is 50.3 Å². The molecule has 2 heteroatoms. The van der Waals surface area contributed by atoms with E-state index in [0.29, 0.717) is 5.56 Å². The van der Waals surface area contributed by atoms with Crippen LogP contribution < -0.4 is 0 Å². The fourth-order valence-corrected chi connectivity index (χ4v) is 1.69. The Kier molecular flexibility index (Phi) is 6.96. The molecule has 0 aromatic heterocycles. The predicted octanol–water partition coefficient (Wildman–Crippen LogP) is 4.89. The van der Waals surface area contributed by atoms with Gasteiger partial charge in [0.2, 0.25) is 0 Å². The van der Waals surface area contributed by atoms with Gasteiger partial charge in [-0.2, -0.15) is 0 Å². The third-order valence-corrected chi connectivity index (χ3v) is 3.13. The monoisotopic (exact) mass is 282 g/mol. The summed E-state index contributed by atoms with van der Waals surface area (Å²) in [6, 6.07) is 17.6. The molecule has 2 aromatic carbocycles. The van der Waals surface area contributed by atoms with E-state index in [-0.39, 0.29) is 5.97 Å². The fourth-order valence-electron chi connectivity index (χ4n) is 1.69. The molecule has 0 saturated heterocycles. The van der Waals surface area contributed by atoms with E-state index < -0.39 is 0 Å². The number of esters is 1. The van der Waals surface area contributed by atoms with E-state index >= 15 is 0 Å². The van der Waals surface area contributed by atoms with Gasteiger partial charge in [-0.25, -0.2) is 4.79 Å². The summed E-state index contributed by atoms with van der Waals surface area (Å²) in [4.78, 5) is 11.1. The summed E-state index contributed by atoms with van der Waals surface area (Å²) in [5.74, 6) is -0.297. The normalized spacial score (nSPS) is 10.4. The van der Waals surface area contributed by atoms with E-state index in [1.54, 1.807) is 12.1 Å². The number of carbonyl (C=O) groups is 1. The van der Waals surface area contributed by atoms with Crippen molar-refractivity contribution in [1.82, 2.24) is 0 Å². The van der Waals surface area contributed by atoms with Gasteiger partial charge < -0.3 is 4.74 Å². The highest BCUT2D eigenvalue weighted by atomic mass is 16.5. The smallest absolute Gasteiger partial charge is 0.337 e. The van der Waals surface area contributed by atoms with Gasteiger partial charge in [0.1, 0.15) is 0 Å². The van der Waals surface area contributed by atoms with Crippen molar-refractivity contribution in [1.29, 1.82) is 0 Å². The van der Waals surface area contributed by atoms with Crippen LogP contribution in [0.4, 0.5) is 0 Å². The van der Waals surface area contributed by atoms with Crippen LogP contribution in [0.5, 0.6) is 0 Å². The molecule has 0 N–H and O–H groups in total. The zero-order valence-corrected chi connectivity index (χ0v) is 13.1. The van der Waals surface area contributed by atoms with E-state index in [9.17, 15) is 4.79 Å². The first-order valence-corrected chi connectivity index (χ1v) is 6.91. The second-order valence-electron chi connectivity index (χ2n) is 4.70. The first-order valence-electron chi connectivity index (χ1n) is 6.91. The lowest BCUT2D eigenvalue weighted by Gasteiger charge is -2.02. The molecule has 0 saturated carbocycles. The van der Waals surface area contributed by atoms with Crippen molar-refractivity contribution in [2.24, 2.45) is 0 Å². The molecule has 2 nitrogen and oxygen atoms in total.